The molecule has 2 aromatic rings. The van der Waals surface area contributed by atoms with E-state index >= 15 is 0 Å². The summed E-state index contributed by atoms with van der Waals surface area (Å²) >= 11 is 0. The van der Waals surface area contributed by atoms with Crippen molar-refractivity contribution in [3.05, 3.63) is 52.5 Å². The molecule has 0 saturated heterocycles. The van der Waals surface area contributed by atoms with Gasteiger partial charge in [-0.2, -0.15) is 5.10 Å². The fourth-order valence-corrected chi connectivity index (χ4v) is 1.09. The predicted molar refractivity (Wildman–Crippen MR) is 53.4 cm³/mol. The quantitative estimate of drug-likeness (QED) is 0.835. The van der Waals surface area contributed by atoms with Gasteiger partial charge in [-0.1, -0.05) is 0 Å². The normalized spacial score (nSPS) is 10.1. The molecule has 0 atom stereocenters. The average Bonchev–Trinajstić information content (AvgIpc) is 2.28. The lowest BCUT2D eigenvalue weighted by atomic mass is 10.3. The Morgan fingerprint density at radius 1 is 1.38 bits per heavy atom. The van der Waals surface area contributed by atoms with Crippen LogP contribution in [0.2, 0.25) is 0 Å². The number of halogens is 1. The maximum atomic E-state index is 12.5. The highest BCUT2D eigenvalue weighted by atomic mass is 19.1. The van der Waals surface area contributed by atoms with Crippen molar-refractivity contribution in [2.75, 3.05) is 0 Å². The standard InChI is InChI=1S/C10H8FN3O2/c11-7-1-2-8(12-4-7)6-16-9-3-10(15)14-13-5-9/h1-5H,6H2,(H,14,15). The highest BCUT2D eigenvalue weighted by Crippen LogP contribution is 2.06. The Labute approximate surface area is 89.9 Å². The van der Waals surface area contributed by atoms with Crippen LogP contribution >= 0.6 is 0 Å². The van der Waals surface area contributed by atoms with Gasteiger partial charge in [0.25, 0.3) is 5.56 Å². The van der Waals surface area contributed by atoms with E-state index in [0.717, 1.165) is 6.20 Å². The highest BCUT2D eigenvalue weighted by molar-refractivity contribution is 5.14. The van der Waals surface area contributed by atoms with Gasteiger partial charge in [0.2, 0.25) is 0 Å². The van der Waals surface area contributed by atoms with Crippen molar-refractivity contribution < 1.29 is 9.13 Å². The molecule has 2 aromatic heterocycles. The molecule has 0 bridgehead atoms. The minimum absolute atomic E-state index is 0.158. The Morgan fingerprint density at radius 3 is 2.94 bits per heavy atom. The summed E-state index contributed by atoms with van der Waals surface area (Å²) in [5, 5.41) is 5.79. The number of hydrogen-bond acceptors (Lipinski definition) is 4. The molecule has 5 nitrogen and oxygen atoms in total. The molecule has 0 aliphatic rings. The van der Waals surface area contributed by atoms with Crippen LogP contribution in [0, 0.1) is 5.82 Å². The zero-order valence-electron chi connectivity index (χ0n) is 8.18. The Hall–Kier alpha value is -2.24. The zero-order valence-corrected chi connectivity index (χ0v) is 8.18. The van der Waals surface area contributed by atoms with Gasteiger partial charge >= 0.3 is 0 Å². The molecule has 2 heterocycles. The molecule has 0 saturated carbocycles. The molecule has 16 heavy (non-hydrogen) atoms. The lowest BCUT2D eigenvalue weighted by molar-refractivity contribution is 0.298. The van der Waals surface area contributed by atoms with E-state index in [1.54, 1.807) is 0 Å². The Kier molecular flexibility index (Phi) is 2.90. The summed E-state index contributed by atoms with van der Waals surface area (Å²) in [5.41, 5.74) is 0.228. The summed E-state index contributed by atoms with van der Waals surface area (Å²) in [6.07, 6.45) is 2.49. The molecule has 0 radical (unpaired) electrons. The number of nitrogens with one attached hydrogen (secondary N) is 1. The molecular weight excluding hydrogens is 213 g/mol. The van der Waals surface area contributed by atoms with E-state index in [0.29, 0.717) is 11.4 Å². The zero-order chi connectivity index (χ0) is 11.4. The molecule has 0 aromatic carbocycles. The Balaban J connectivity index is 2.02. The molecule has 0 aliphatic heterocycles. The van der Waals surface area contributed by atoms with E-state index in [1.165, 1.54) is 24.4 Å². The molecule has 0 fully saturated rings. The first kappa shape index (κ1) is 10.3. The van der Waals surface area contributed by atoms with Crippen LogP contribution in [0.15, 0.2) is 35.4 Å². The largest absolute Gasteiger partial charge is 0.485 e. The minimum atomic E-state index is -0.401. The first-order chi connectivity index (χ1) is 7.74. The van der Waals surface area contributed by atoms with E-state index in [9.17, 15) is 9.18 Å². The number of ether oxygens (including phenoxy) is 1. The summed E-state index contributed by atoms with van der Waals surface area (Å²) in [6, 6.07) is 4.08. The van der Waals surface area contributed by atoms with Gasteiger partial charge in [-0.25, -0.2) is 9.49 Å². The fourth-order valence-electron chi connectivity index (χ4n) is 1.09. The van der Waals surface area contributed by atoms with E-state index in [1.807, 2.05) is 0 Å². The number of nitrogens with zero attached hydrogens (tertiary/aromatic N) is 2. The van der Waals surface area contributed by atoms with Crippen molar-refractivity contribution in [1.29, 1.82) is 0 Å². The van der Waals surface area contributed by atoms with Crippen LogP contribution in [0.4, 0.5) is 4.39 Å². The van der Waals surface area contributed by atoms with Gasteiger partial charge in [0.1, 0.15) is 18.2 Å². The maximum Gasteiger partial charge on any atom is 0.267 e. The van der Waals surface area contributed by atoms with Crippen LogP contribution in [-0.4, -0.2) is 15.2 Å². The van der Waals surface area contributed by atoms with Crippen LogP contribution in [0.5, 0.6) is 5.75 Å². The van der Waals surface area contributed by atoms with Crippen molar-refractivity contribution in [2.24, 2.45) is 0 Å². The third-order valence-electron chi connectivity index (χ3n) is 1.82. The summed E-state index contributed by atoms with van der Waals surface area (Å²) < 4.78 is 17.8. The second kappa shape index (κ2) is 4.52. The number of rotatable bonds is 3. The number of hydrogen-bond donors (Lipinski definition) is 1. The second-order valence-electron chi connectivity index (χ2n) is 3.04. The van der Waals surface area contributed by atoms with Crippen molar-refractivity contribution in [2.45, 2.75) is 6.61 Å². The van der Waals surface area contributed by atoms with Crippen molar-refractivity contribution in [3.63, 3.8) is 0 Å². The number of pyridine rings is 1. The van der Waals surface area contributed by atoms with E-state index in [-0.39, 0.29) is 12.2 Å². The van der Waals surface area contributed by atoms with Gasteiger partial charge in [-0.05, 0) is 12.1 Å². The van der Waals surface area contributed by atoms with Crippen molar-refractivity contribution in [3.8, 4) is 5.75 Å². The molecule has 0 spiro atoms. The smallest absolute Gasteiger partial charge is 0.267 e. The third kappa shape index (κ3) is 2.63. The highest BCUT2D eigenvalue weighted by Gasteiger charge is 1.98. The van der Waals surface area contributed by atoms with Gasteiger partial charge < -0.3 is 4.74 Å². The first-order valence-corrected chi connectivity index (χ1v) is 4.52. The topological polar surface area (TPSA) is 67.9 Å². The monoisotopic (exact) mass is 221 g/mol. The van der Waals surface area contributed by atoms with Crippen molar-refractivity contribution >= 4 is 0 Å². The van der Waals surface area contributed by atoms with Crippen LogP contribution < -0.4 is 10.3 Å². The van der Waals surface area contributed by atoms with Crippen LogP contribution in [0.25, 0.3) is 0 Å². The van der Waals surface area contributed by atoms with Crippen LogP contribution in [0.1, 0.15) is 5.69 Å². The Morgan fingerprint density at radius 2 is 2.25 bits per heavy atom. The van der Waals surface area contributed by atoms with E-state index in [2.05, 4.69) is 15.2 Å². The third-order valence-corrected chi connectivity index (χ3v) is 1.82. The minimum Gasteiger partial charge on any atom is -0.485 e. The fraction of sp³-hybridized carbons (Fsp3) is 0.100. The van der Waals surface area contributed by atoms with Gasteiger partial charge in [0, 0.05) is 6.07 Å². The van der Waals surface area contributed by atoms with Crippen molar-refractivity contribution in [1.82, 2.24) is 15.2 Å². The van der Waals surface area contributed by atoms with Gasteiger partial charge in [0.05, 0.1) is 18.1 Å². The van der Waals surface area contributed by atoms with Gasteiger partial charge in [-0.3, -0.25) is 9.78 Å². The summed E-state index contributed by atoms with van der Waals surface area (Å²) in [6.45, 7) is 0.158. The maximum absolute atomic E-state index is 12.5. The molecule has 0 unspecified atom stereocenters. The lowest BCUT2D eigenvalue weighted by Crippen LogP contribution is -2.07. The summed E-state index contributed by atoms with van der Waals surface area (Å²) in [5.74, 6) is -0.0588. The van der Waals surface area contributed by atoms with E-state index in [4.69, 9.17) is 4.74 Å². The Bertz CT molecular complexity index is 524. The number of aromatic amines is 1. The van der Waals surface area contributed by atoms with Gasteiger partial charge in [-0.15, -0.1) is 0 Å². The second-order valence-corrected chi connectivity index (χ2v) is 3.04. The van der Waals surface area contributed by atoms with Gasteiger partial charge in [0.15, 0.2) is 0 Å². The summed E-state index contributed by atoms with van der Waals surface area (Å²) in [7, 11) is 0. The molecule has 0 aliphatic carbocycles. The molecule has 1 N–H and O–H groups in total. The molecule has 0 amide bonds. The average molecular weight is 221 g/mol. The van der Waals surface area contributed by atoms with Crippen LogP contribution in [0.3, 0.4) is 0 Å². The molecular formula is C10H8FN3O2. The van der Waals surface area contributed by atoms with E-state index < -0.39 is 5.82 Å². The lowest BCUT2D eigenvalue weighted by Gasteiger charge is -2.03. The molecule has 6 heteroatoms. The predicted octanol–water partition coefficient (Wildman–Crippen LogP) is 0.883. The SMILES string of the molecule is O=c1cc(OCc2ccc(F)cn2)cn[nH]1. The number of H-pyrrole nitrogens is 1. The van der Waals surface area contributed by atoms with Crippen LogP contribution in [-0.2, 0) is 6.61 Å². The molecule has 82 valence electrons. The number of aromatic nitrogens is 3. The summed E-state index contributed by atoms with van der Waals surface area (Å²) in [4.78, 5) is 14.7. The molecule has 2 rings (SSSR count). The first-order valence-electron chi connectivity index (χ1n) is 4.52.